The van der Waals surface area contributed by atoms with Gasteiger partial charge in [0, 0.05) is 6.54 Å². The average molecular weight is 171 g/mol. The molecule has 0 amide bonds. The van der Waals surface area contributed by atoms with E-state index in [1.807, 2.05) is 0 Å². The second-order valence-corrected chi connectivity index (χ2v) is 3.31. The van der Waals surface area contributed by atoms with Crippen molar-refractivity contribution in [2.75, 3.05) is 26.2 Å². The highest BCUT2D eigenvalue weighted by Gasteiger charge is 2.27. The Balaban J connectivity index is 1.75. The number of hydrogen-bond donors (Lipinski definition) is 0. The summed E-state index contributed by atoms with van der Waals surface area (Å²) in [6.07, 6.45) is 1.98. The van der Waals surface area contributed by atoms with Gasteiger partial charge in [-0.3, -0.25) is 4.90 Å². The van der Waals surface area contributed by atoms with Crippen LogP contribution in [0.5, 0.6) is 0 Å². The van der Waals surface area contributed by atoms with E-state index >= 15 is 0 Å². The highest BCUT2D eigenvalue weighted by atomic mass is 16.8. The number of cyclic esters (lactones) is 2. The van der Waals surface area contributed by atoms with Gasteiger partial charge in [0.2, 0.25) is 0 Å². The van der Waals surface area contributed by atoms with Gasteiger partial charge in [-0.15, -0.1) is 0 Å². The van der Waals surface area contributed by atoms with Crippen LogP contribution in [0.2, 0.25) is 0 Å². The van der Waals surface area contributed by atoms with Gasteiger partial charge < -0.3 is 9.47 Å². The maximum absolute atomic E-state index is 10.6. The van der Waals surface area contributed by atoms with Crippen molar-refractivity contribution in [3.05, 3.63) is 0 Å². The molecule has 68 valence electrons. The number of hydrogen-bond acceptors (Lipinski definition) is 4. The molecule has 2 aliphatic heterocycles. The van der Waals surface area contributed by atoms with Crippen LogP contribution in [0, 0.1) is 0 Å². The Labute approximate surface area is 71.4 Å². The Morgan fingerprint density at radius 1 is 1.42 bits per heavy atom. The third-order valence-corrected chi connectivity index (χ3v) is 2.31. The maximum Gasteiger partial charge on any atom is 0.508 e. The summed E-state index contributed by atoms with van der Waals surface area (Å²) in [5.74, 6) is 0. The van der Waals surface area contributed by atoms with Crippen molar-refractivity contribution >= 4 is 6.16 Å². The standard InChI is InChI=1S/C8H13NO3/c10-8-11-6-7(12-8)5-9-3-1-2-4-9/h7H,1-6H2. The Kier molecular flexibility index (Phi) is 2.17. The van der Waals surface area contributed by atoms with Gasteiger partial charge in [-0.05, 0) is 25.9 Å². The number of likely N-dealkylation sites (tertiary alicyclic amines) is 1. The van der Waals surface area contributed by atoms with Gasteiger partial charge in [0.1, 0.15) is 6.61 Å². The van der Waals surface area contributed by atoms with Gasteiger partial charge in [-0.1, -0.05) is 0 Å². The molecule has 0 aromatic rings. The van der Waals surface area contributed by atoms with E-state index in [-0.39, 0.29) is 6.10 Å². The van der Waals surface area contributed by atoms with E-state index in [2.05, 4.69) is 9.64 Å². The summed E-state index contributed by atoms with van der Waals surface area (Å²) < 4.78 is 9.61. The fourth-order valence-electron chi connectivity index (χ4n) is 1.71. The van der Waals surface area contributed by atoms with E-state index in [1.54, 1.807) is 0 Å². The van der Waals surface area contributed by atoms with Crippen LogP contribution in [-0.4, -0.2) is 43.4 Å². The first-order chi connectivity index (χ1) is 5.84. The van der Waals surface area contributed by atoms with Crippen molar-refractivity contribution in [3.63, 3.8) is 0 Å². The second-order valence-electron chi connectivity index (χ2n) is 3.31. The molecular formula is C8H13NO3. The Morgan fingerprint density at radius 3 is 2.75 bits per heavy atom. The summed E-state index contributed by atoms with van der Waals surface area (Å²) in [5, 5.41) is 0. The molecule has 0 saturated carbocycles. The predicted octanol–water partition coefficient (Wildman–Crippen LogP) is 0.618. The SMILES string of the molecule is O=C1OCC(CN2CCCC2)O1. The summed E-state index contributed by atoms with van der Waals surface area (Å²) in [4.78, 5) is 12.9. The molecule has 0 aromatic heterocycles. The summed E-state index contributed by atoms with van der Waals surface area (Å²) in [6.45, 7) is 3.53. The van der Waals surface area contributed by atoms with Crippen molar-refractivity contribution in [2.24, 2.45) is 0 Å². The highest BCUT2D eigenvalue weighted by molar-refractivity contribution is 5.61. The molecule has 0 bridgehead atoms. The van der Waals surface area contributed by atoms with Gasteiger partial charge in [-0.25, -0.2) is 4.79 Å². The van der Waals surface area contributed by atoms with Crippen molar-refractivity contribution in [1.29, 1.82) is 0 Å². The fourth-order valence-corrected chi connectivity index (χ4v) is 1.71. The monoisotopic (exact) mass is 171 g/mol. The number of nitrogens with zero attached hydrogens (tertiary/aromatic N) is 1. The maximum atomic E-state index is 10.6. The van der Waals surface area contributed by atoms with Gasteiger partial charge in [0.15, 0.2) is 6.10 Å². The van der Waals surface area contributed by atoms with E-state index in [1.165, 1.54) is 12.8 Å². The molecule has 0 aliphatic carbocycles. The summed E-state index contributed by atoms with van der Waals surface area (Å²) in [6, 6.07) is 0. The van der Waals surface area contributed by atoms with Gasteiger partial charge in [0.05, 0.1) is 0 Å². The number of ether oxygens (including phenoxy) is 2. The van der Waals surface area contributed by atoms with E-state index in [9.17, 15) is 4.79 Å². The summed E-state index contributed by atoms with van der Waals surface area (Å²) >= 11 is 0. The van der Waals surface area contributed by atoms with Gasteiger partial charge in [0.25, 0.3) is 0 Å². The molecule has 0 spiro atoms. The molecule has 1 unspecified atom stereocenters. The topological polar surface area (TPSA) is 38.8 Å². The fraction of sp³-hybridized carbons (Fsp3) is 0.875. The predicted molar refractivity (Wildman–Crippen MR) is 41.9 cm³/mol. The molecule has 4 nitrogen and oxygen atoms in total. The Hall–Kier alpha value is -0.770. The lowest BCUT2D eigenvalue weighted by Gasteiger charge is -2.16. The molecule has 0 aromatic carbocycles. The quantitative estimate of drug-likeness (QED) is 0.571. The Bertz CT molecular complexity index is 177. The third kappa shape index (κ3) is 1.69. The number of carbonyl (C=O) groups is 1. The zero-order chi connectivity index (χ0) is 8.39. The zero-order valence-electron chi connectivity index (χ0n) is 6.99. The zero-order valence-corrected chi connectivity index (χ0v) is 6.99. The summed E-state index contributed by atoms with van der Waals surface area (Å²) in [5.41, 5.74) is 0. The number of carbonyl (C=O) groups excluding carboxylic acids is 1. The molecule has 1 atom stereocenters. The molecule has 2 aliphatic rings. The molecular weight excluding hydrogens is 158 g/mol. The summed E-state index contributed by atoms with van der Waals surface area (Å²) in [7, 11) is 0. The molecule has 0 N–H and O–H groups in total. The molecule has 0 radical (unpaired) electrons. The molecule has 2 fully saturated rings. The van der Waals surface area contributed by atoms with E-state index in [0.717, 1.165) is 19.6 Å². The lowest BCUT2D eigenvalue weighted by molar-refractivity contribution is 0.106. The lowest BCUT2D eigenvalue weighted by atomic mass is 10.3. The molecule has 4 heteroatoms. The van der Waals surface area contributed by atoms with Crippen molar-refractivity contribution in [2.45, 2.75) is 18.9 Å². The normalized spacial score (nSPS) is 30.3. The van der Waals surface area contributed by atoms with Gasteiger partial charge >= 0.3 is 6.16 Å². The van der Waals surface area contributed by atoms with Crippen LogP contribution in [0.25, 0.3) is 0 Å². The van der Waals surface area contributed by atoms with E-state index < -0.39 is 6.16 Å². The van der Waals surface area contributed by atoms with Crippen LogP contribution in [0.1, 0.15) is 12.8 Å². The van der Waals surface area contributed by atoms with Crippen molar-refractivity contribution in [1.82, 2.24) is 4.90 Å². The van der Waals surface area contributed by atoms with Crippen molar-refractivity contribution in [3.8, 4) is 0 Å². The van der Waals surface area contributed by atoms with Crippen LogP contribution in [0.3, 0.4) is 0 Å². The minimum absolute atomic E-state index is 0.0319. The van der Waals surface area contributed by atoms with Crippen LogP contribution < -0.4 is 0 Å². The van der Waals surface area contributed by atoms with Crippen LogP contribution >= 0.6 is 0 Å². The Morgan fingerprint density at radius 2 is 2.17 bits per heavy atom. The number of rotatable bonds is 2. The molecule has 2 rings (SSSR count). The van der Waals surface area contributed by atoms with Crippen LogP contribution in [-0.2, 0) is 9.47 Å². The first-order valence-electron chi connectivity index (χ1n) is 4.40. The van der Waals surface area contributed by atoms with Crippen molar-refractivity contribution < 1.29 is 14.3 Å². The highest BCUT2D eigenvalue weighted by Crippen LogP contribution is 2.12. The first kappa shape index (κ1) is 7.86. The lowest BCUT2D eigenvalue weighted by Crippen LogP contribution is -2.31. The van der Waals surface area contributed by atoms with Crippen LogP contribution in [0.4, 0.5) is 4.79 Å². The van der Waals surface area contributed by atoms with E-state index in [4.69, 9.17) is 4.74 Å². The first-order valence-corrected chi connectivity index (χ1v) is 4.40. The van der Waals surface area contributed by atoms with Gasteiger partial charge in [-0.2, -0.15) is 0 Å². The smallest absolute Gasteiger partial charge is 0.430 e. The molecule has 2 heterocycles. The minimum atomic E-state index is -0.515. The second kappa shape index (κ2) is 3.31. The van der Waals surface area contributed by atoms with E-state index in [0.29, 0.717) is 6.61 Å². The largest absolute Gasteiger partial charge is 0.508 e. The third-order valence-electron chi connectivity index (χ3n) is 2.31. The molecule has 12 heavy (non-hydrogen) atoms. The molecule has 2 saturated heterocycles. The van der Waals surface area contributed by atoms with Crippen LogP contribution in [0.15, 0.2) is 0 Å². The average Bonchev–Trinajstić information content (AvgIpc) is 2.63. The minimum Gasteiger partial charge on any atom is -0.430 e.